The predicted molar refractivity (Wildman–Crippen MR) is 81.6 cm³/mol. The number of thiazole rings is 1. The van der Waals surface area contributed by atoms with Crippen LogP contribution in [0.4, 0.5) is 10.9 Å². The highest BCUT2D eigenvalue weighted by molar-refractivity contribution is 7.18. The minimum absolute atomic E-state index is 0.136. The lowest BCUT2D eigenvalue weighted by Gasteiger charge is -2.24. The Hall–Kier alpha value is -1.30. The van der Waals surface area contributed by atoms with Crippen molar-refractivity contribution in [2.24, 2.45) is 17.8 Å². The van der Waals surface area contributed by atoms with E-state index in [1.54, 1.807) is 7.05 Å². The number of nitrogens with one attached hydrogen (secondary N) is 2. The molecule has 0 aromatic carbocycles. The molecule has 19 heavy (non-hydrogen) atoms. The molecule has 5 nitrogen and oxygen atoms in total. The number of carbonyl (C=O) groups excluding carboxylic acids is 1. The average Bonchev–Trinajstić information content (AvgIpc) is 2.69. The molecule has 0 saturated heterocycles. The monoisotopic (exact) mass is 284 g/mol. The topological polar surface area (TPSA) is 80.0 Å². The summed E-state index contributed by atoms with van der Waals surface area (Å²) in [6.07, 6.45) is 0. The van der Waals surface area contributed by atoms with Gasteiger partial charge >= 0.3 is 0 Å². The summed E-state index contributed by atoms with van der Waals surface area (Å²) in [4.78, 5) is 16.6. The van der Waals surface area contributed by atoms with Crippen molar-refractivity contribution in [1.29, 1.82) is 0 Å². The van der Waals surface area contributed by atoms with Gasteiger partial charge in [0.1, 0.15) is 10.7 Å². The van der Waals surface area contributed by atoms with Crippen molar-refractivity contribution in [3.8, 4) is 0 Å². The van der Waals surface area contributed by atoms with Crippen LogP contribution in [0.3, 0.4) is 0 Å². The van der Waals surface area contributed by atoms with Gasteiger partial charge in [-0.05, 0) is 17.8 Å². The molecule has 6 heteroatoms. The van der Waals surface area contributed by atoms with Crippen LogP contribution in [0.15, 0.2) is 0 Å². The Morgan fingerprint density at radius 2 is 1.89 bits per heavy atom. The quantitative estimate of drug-likeness (QED) is 0.749. The van der Waals surface area contributed by atoms with Crippen LogP contribution in [0, 0.1) is 17.8 Å². The van der Waals surface area contributed by atoms with E-state index in [4.69, 9.17) is 5.73 Å². The van der Waals surface area contributed by atoms with Gasteiger partial charge in [0.2, 0.25) is 0 Å². The molecule has 1 amide bonds. The van der Waals surface area contributed by atoms with E-state index < -0.39 is 0 Å². The van der Waals surface area contributed by atoms with Gasteiger partial charge in [-0.1, -0.05) is 39.0 Å². The number of nitrogen functional groups attached to an aromatic ring is 1. The fourth-order valence-electron chi connectivity index (χ4n) is 2.13. The fourth-order valence-corrected chi connectivity index (χ4v) is 2.89. The standard InChI is InChI=1S/C13H24N4OS/c1-7(2)9(8(3)4)6-16-12(18)10-11(14)17-13(15-5)19-10/h7-9H,6,14H2,1-5H3,(H,15,17)(H,16,18). The number of nitrogens with zero attached hydrogens (tertiary/aromatic N) is 1. The Labute approximate surface area is 119 Å². The molecule has 0 aliphatic carbocycles. The van der Waals surface area contributed by atoms with Crippen molar-refractivity contribution in [2.45, 2.75) is 27.7 Å². The number of aromatic nitrogens is 1. The Kier molecular flexibility index (Phi) is 5.60. The molecular formula is C13H24N4OS. The highest BCUT2D eigenvalue weighted by atomic mass is 32.1. The van der Waals surface area contributed by atoms with Crippen molar-refractivity contribution >= 4 is 28.2 Å². The van der Waals surface area contributed by atoms with Crippen LogP contribution in [0.25, 0.3) is 0 Å². The zero-order valence-electron chi connectivity index (χ0n) is 12.3. The SMILES string of the molecule is CNc1nc(N)c(C(=O)NCC(C(C)C)C(C)C)s1. The van der Waals surface area contributed by atoms with E-state index in [2.05, 4.69) is 43.3 Å². The molecule has 1 aromatic heterocycles. The Bertz CT molecular complexity index is 420. The second kappa shape index (κ2) is 6.75. The number of anilines is 2. The molecule has 1 aromatic rings. The third-order valence-electron chi connectivity index (χ3n) is 3.28. The van der Waals surface area contributed by atoms with Gasteiger partial charge in [-0.2, -0.15) is 0 Å². The van der Waals surface area contributed by atoms with Crippen LogP contribution in [-0.4, -0.2) is 24.5 Å². The summed E-state index contributed by atoms with van der Waals surface area (Å²) in [7, 11) is 1.76. The van der Waals surface area contributed by atoms with Gasteiger partial charge in [0.25, 0.3) is 5.91 Å². The maximum absolute atomic E-state index is 12.1. The number of hydrogen-bond donors (Lipinski definition) is 3. The third kappa shape index (κ3) is 4.09. The molecule has 1 heterocycles. The van der Waals surface area contributed by atoms with Gasteiger partial charge in [-0.3, -0.25) is 4.79 Å². The molecule has 0 fully saturated rings. The molecule has 0 aliphatic rings. The first-order valence-electron chi connectivity index (χ1n) is 6.59. The molecule has 108 valence electrons. The van der Waals surface area contributed by atoms with Gasteiger partial charge < -0.3 is 16.4 Å². The third-order valence-corrected chi connectivity index (χ3v) is 4.37. The summed E-state index contributed by atoms with van der Waals surface area (Å²) < 4.78 is 0. The summed E-state index contributed by atoms with van der Waals surface area (Å²) >= 11 is 1.28. The fraction of sp³-hybridized carbons (Fsp3) is 0.692. The molecule has 4 N–H and O–H groups in total. The van der Waals surface area contributed by atoms with Crippen molar-refractivity contribution in [2.75, 3.05) is 24.6 Å². The molecule has 0 radical (unpaired) electrons. The maximum atomic E-state index is 12.1. The predicted octanol–water partition coefficient (Wildman–Crippen LogP) is 2.42. The summed E-state index contributed by atoms with van der Waals surface area (Å²) in [5.41, 5.74) is 5.74. The van der Waals surface area contributed by atoms with E-state index in [9.17, 15) is 4.79 Å². The van der Waals surface area contributed by atoms with Crippen molar-refractivity contribution < 1.29 is 4.79 Å². The summed E-state index contributed by atoms with van der Waals surface area (Å²) in [5, 5.41) is 6.51. The Morgan fingerprint density at radius 3 is 2.32 bits per heavy atom. The number of hydrogen-bond acceptors (Lipinski definition) is 5. The number of nitrogens with two attached hydrogens (primary N) is 1. The minimum atomic E-state index is -0.136. The van der Waals surface area contributed by atoms with E-state index in [1.165, 1.54) is 11.3 Å². The number of carbonyl (C=O) groups is 1. The second-order valence-electron chi connectivity index (χ2n) is 5.35. The van der Waals surface area contributed by atoms with Crippen LogP contribution in [0.5, 0.6) is 0 Å². The number of amides is 1. The summed E-state index contributed by atoms with van der Waals surface area (Å²) in [6, 6.07) is 0. The highest BCUT2D eigenvalue weighted by Crippen LogP contribution is 2.25. The van der Waals surface area contributed by atoms with E-state index >= 15 is 0 Å². The van der Waals surface area contributed by atoms with Crippen molar-refractivity contribution in [1.82, 2.24) is 10.3 Å². The summed E-state index contributed by atoms with van der Waals surface area (Å²) in [5.74, 6) is 1.68. The van der Waals surface area contributed by atoms with Crippen LogP contribution >= 0.6 is 11.3 Å². The second-order valence-corrected chi connectivity index (χ2v) is 6.34. The molecular weight excluding hydrogens is 260 g/mol. The first-order valence-corrected chi connectivity index (χ1v) is 7.40. The van der Waals surface area contributed by atoms with Gasteiger partial charge in [-0.25, -0.2) is 4.98 Å². The summed E-state index contributed by atoms with van der Waals surface area (Å²) in [6.45, 7) is 9.38. The van der Waals surface area contributed by atoms with Gasteiger partial charge in [0.15, 0.2) is 5.13 Å². The van der Waals surface area contributed by atoms with Crippen molar-refractivity contribution in [3.05, 3.63) is 4.88 Å². The van der Waals surface area contributed by atoms with Crippen LogP contribution in [0.1, 0.15) is 37.4 Å². The van der Waals surface area contributed by atoms with Gasteiger partial charge in [0.05, 0.1) is 0 Å². The van der Waals surface area contributed by atoms with E-state index in [-0.39, 0.29) is 11.7 Å². The number of rotatable bonds is 6. The molecule has 0 unspecified atom stereocenters. The molecule has 1 rings (SSSR count). The lowest BCUT2D eigenvalue weighted by molar-refractivity contribution is 0.0942. The molecule has 0 bridgehead atoms. The Balaban J connectivity index is 2.66. The van der Waals surface area contributed by atoms with Crippen molar-refractivity contribution in [3.63, 3.8) is 0 Å². The minimum Gasteiger partial charge on any atom is -0.382 e. The molecule has 0 saturated carbocycles. The van der Waals surface area contributed by atoms with E-state index in [0.29, 0.717) is 34.3 Å². The van der Waals surface area contributed by atoms with Gasteiger partial charge in [-0.15, -0.1) is 0 Å². The lowest BCUT2D eigenvalue weighted by Crippen LogP contribution is -2.33. The van der Waals surface area contributed by atoms with E-state index in [1.807, 2.05) is 0 Å². The smallest absolute Gasteiger partial charge is 0.265 e. The zero-order chi connectivity index (χ0) is 14.6. The normalized spacial score (nSPS) is 11.4. The van der Waals surface area contributed by atoms with Crippen LogP contribution in [0.2, 0.25) is 0 Å². The zero-order valence-corrected chi connectivity index (χ0v) is 13.1. The van der Waals surface area contributed by atoms with Gasteiger partial charge in [0, 0.05) is 13.6 Å². The first-order chi connectivity index (χ1) is 8.86. The van der Waals surface area contributed by atoms with Crippen LogP contribution in [-0.2, 0) is 0 Å². The molecule has 0 atom stereocenters. The Morgan fingerprint density at radius 1 is 1.32 bits per heavy atom. The molecule has 0 spiro atoms. The largest absolute Gasteiger partial charge is 0.382 e. The lowest BCUT2D eigenvalue weighted by atomic mass is 9.85. The maximum Gasteiger partial charge on any atom is 0.265 e. The highest BCUT2D eigenvalue weighted by Gasteiger charge is 2.20. The first kappa shape index (κ1) is 15.8. The van der Waals surface area contributed by atoms with Crippen LogP contribution < -0.4 is 16.4 Å². The average molecular weight is 284 g/mol. The van der Waals surface area contributed by atoms with E-state index in [0.717, 1.165) is 0 Å². The molecule has 0 aliphatic heterocycles.